The Morgan fingerprint density at radius 1 is 1.03 bits per heavy atom. The molecule has 2 aliphatic rings. The van der Waals surface area contributed by atoms with Crippen molar-refractivity contribution < 1.29 is 19.2 Å². The van der Waals surface area contributed by atoms with Crippen LogP contribution in [-0.2, 0) is 27.3 Å². The molecule has 0 saturated heterocycles. The number of hydrogen-bond donors (Lipinski definition) is 1. The molecule has 34 heavy (non-hydrogen) atoms. The molecule has 174 valence electrons. The van der Waals surface area contributed by atoms with Crippen LogP contribution in [0, 0.1) is 0 Å². The number of carbonyl (C=O) groups is 4. The number of nitrogens with one attached hydrogen (secondary N) is 1. The number of carbonyl (C=O) groups excluding carboxylic acids is 4. The number of nitrogens with zero attached hydrogens (tertiary/aromatic N) is 3. The minimum Gasteiger partial charge on any atom is -0.344 e. The smallest absolute Gasteiger partial charge is 0.271 e. The lowest BCUT2D eigenvalue weighted by molar-refractivity contribution is -0.127. The summed E-state index contributed by atoms with van der Waals surface area (Å²) in [5.74, 6) is -1.42. The average Bonchev–Trinajstić information content (AvgIpc) is 3.38. The second kappa shape index (κ2) is 8.62. The molecule has 4 amide bonds. The molecule has 2 aromatic carbocycles. The molecule has 1 N–H and O–H groups in total. The van der Waals surface area contributed by atoms with E-state index in [4.69, 9.17) is 0 Å². The second-order valence-electron chi connectivity index (χ2n) is 8.57. The van der Waals surface area contributed by atoms with E-state index in [1.165, 1.54) is 9.80 Å². The van der Waals surface area contributed by atoms with Gasteiger partial charge in [0.2, 0.25) is 5.91 Å². The predicted molar refractivity (Wildman–Crippen MR) is 129 cm³/mol. The van der Waals surface area contributed by atoms with Gasteiger partial charge in [0.25, 0.3) is 17.7 Å². The maximum absolute atomic E-state index is 13.1. The fraction of sp³-hybridized carbons (Fsp3) is 0.231. The van der Waals surface area contributed by atoms with Gasteiger partial charge >= 0.3 is 0 Å². The summed E-state index contributed by atoms with van der Waals surface area (Å²) < 4.78 is 0. The summed E-state index contributed by atoms with van der Waals surface area (Å²) in [6.45, 7) is 9.78. The molecule has 0 unspecified atom stereocenters. The lowest BCUT2D eigenvalue weighted by atomic mass is 9.95. The Morgan fingerprint density at radius 3 is 2.41 bits per heavy atom. The van der Waals surface area contributed by atoms with Gasteiger partial charge in [0.15, 0.2) is 0 Å². The Morgan fingerprint density at radius 2 is 1.74 bits per heavy atom. The molecule has 0 aromatic heterocycles. The summed E-state index contributed by atoms with van der Waals surface area (Å²) in [6.07, 6.45) is 0.773. The summed E-state index contributed by atoms with van der Waals surface area (Å²) in [4.78, 5) is 54.0. The first kappa shape index (κ1) is 23.0. The second-order valence-corrected chi connectivity index (χ2v) is 8.57. The average molecular weight is 459 g/mol. The van der Waals surface area contributed by atoms with Gasteiger partial charge in [0.05, 0.1) is 12.2 Å². The minimum absolute atomic E-state index is 0.0140. The molecule has 8 nitrogen and oxygen atoms in total. The SMILES string of the molecule is C=C(NC(=O)C(=C)N1Cc2c(cccc2-c2ccc3c(c2)CCN3C(C)=O)C1=O)C(=O)N(C)C. The summed E-state index contributed by atoms with van der Waals surface area (Å²) in [5.41, 5.74) is 4.96. The maximum Gasteiger partial charge on any atom is 0.271 e. The largest absolute Gasteiger partial charge is 0.344 e. The molecule has 0 bridgehead atoms. The van der Waals surface area contributed by atoms with E-state index in [1.54, 1.807) is 32.0 Å². The van der Waals surface area contributed by atoms with Gasteiger partial charge in [0, 0.05) is 38.8 Å². The van der Waals surface area contributed by atoms with Crippen molar-refractivity contribution >= 4 is 29.3 Å². The van der Waals surface area contributed by atoms with E-state index in [2.05, 4.69) is 24.5 Å². The normalized spacial score (nSPS) is 13.9. The van der Waals surface area contributed by atoms with Gasteiger partial charge in [0.1, 0.15) is 5.70 Å². The van der Waals surface area contributed by atoms with Crippen molar-refractivity contribution in [2.45, 2.75) is 19.9 Å². The van der Waals surface area contributed by atoms with E-state index in [0.29, 0.717) is 12.1 Å². The van der Waals surface area contributed by atoms with Crippen LogP contribution in [0.4, 0.5) is 5.69 Å². The maximum atomic E-state index is 13.1. The van der Waals surface area contributed by atoms with Crippen LogP contribution in [0.5, 0.6) is 0 Å². The molecule has 0 fully saturated rings. The van der Waals surface area contributed by atoms with Crippen molar-refractivity contribution in [3.8, 4) is 11.1 Å². The van der Waals surface area contributed by atoms with E-state index < -0.39 is 11.8 Å². The van der Waals surface area contributed by atoms with Crippen molar-refractivity contribution in [1.82, 2.24) is 15.1 Å². The van der Waals surface area contributed by atoms with Crippen molar-refractivity contribution in [2.24, 2.45) is 0 Å². The highest BCUT2D eigenvalue weighted by molar-refractivity contribution is 6.08. The van der Waals surface area contributed by atoms with Crippen molar-refractivity contribution in [3.63, 3.8) is 0 Å². The third-order valence-corrected chi connectivity index (χ3v) is 6.15. The topological polar surface area (TPSA) is 90.0 Å². The highest BCUT2D eigenvalue weighted by atomic mass is 16.2. The minimum atomic E-state index is -0.662. The molecular formula is C26H26N4O4. The zero-order valence-electron chi connectivity index (χ0n) is 19.5. The number of likely N-dealkylation sites (N-methyl/N-ethyl adjacent to an activating group) is 1. The molecule has 2 heterocycles. The van der Waals surface area contributed by atoms with E-state index in [0.717, 1.165) is 34.4 Å². The molecule has 0 atom stereocenters. The predicted octanol–water partition coefficient (Wildman–Crippen LogP) is 2.45. The van der Waals surface area contributed by atoms with Crippen LogP contribution in [0.3, 0.4) is 0 Å². The zero-order chi connectivity index (χ0) is 24.7. The summed E-state index contributed by atoms with van der Waals surface area (Å²) in [7, 11) is 3.10. The van der Waals surface area contributed by atoms with Gasteiger partial charge in [-0.05, 0) is 46.9 Å². The van der Waals surface area contributed by atoms with Gasteiger partial charge in [-0.1, -0.05) is 31.4 Å². The quantitative estimate of drug-likeness (QED) is 0.697. The summed E-state index contributed by atoms with van der Waals surface area (Å²) in [5, 5.41) is 2.42. The Bertz CT molecular complexity index is 1280. The van der Waals surface area contributed by atoms with Gasteiger partial charge in [-0.25, -0.2) is 0 Å². The molecule has 8 heteroatoms. The molecule has 0 radical (unpaired) electrons. The van der Waals surface area contributed by atoms with Crippen LogP contribution in [-0.4, -0.2) is 54.1 Å². The number of fused-ring (bicyclic) bond motifs is 2. The number of amides is 4. The van der Waals surface area contributed by atoms with Crippen LogP contribution in [0.25, 0.3) is 11.1 Å². The lowest BCUT2D eigenvalue weighted by Gasteiger charge is -2.19. The zero-order valence-corrected chi connectivity index (χ0v) is 19.5. The summed E-state index contributed by atoms with van der Waals surface area (Å²) >= 11 is 0. The molecule has 2 aliphatic heterocycles. The fourth-order valence-corrected chi connectivity index (χ4v) is 4.37. The Balaban J connectivity index is 1.59. The highest BCUT2D eigenvalue weighted by Crippen LogP contribution is 2.37. The Labute approximate surface area is 198 Å². The summed E-state index contributed by atoms with van der Waals surface area (Å²) in [6, 6.07) is 11.4. The van der Waals surface area contributed by atoms with E-state index in [1.807, 2.05) is 24.3 Å². The van der Waals surface area contributed by atoms with Crippen LogP contribution < -0.4 is 10.2 Å². The van der Waals surface area contributed by atoms with Gasteiger partial charge in [-0.3, -0.25) is 24.1 Å². The van der Waals surface area contributed by atoms with Crippen molar-refractivity contribution in [3.05, 3.63) is 77.6 Å². The first-order valence-corrected chi connectivity index (χ1v) is 10.9. The Kier molecular flexibility index (Phi) is 5.83. The Hall–Kier alpha value is -4.20. The molecular weight excluding hydrogens is 432 g/mol. The molecule has 4 rings (SSSR count). The molecule has 2 aromatic rings. The first-order chi connectivity index (χ1) is 16.1. The van der Waals surface area contributed by atoms with Gasteiger partial charge < -0.3 is 15.1 Å². The van der Waals surface area contributed by atoms with E-state index in [-0.39, 0.29) is 29.8 Å². The highest BCUT2D eigenvalue weighted by Gasteiger charge is 2.34. The van der Waals surface area contributed by atoms with Crippen LogP contribution in [0.2, 0.25) is 0 Å². The number of hydrogen-bond acceptors (Lipinski definition) is 4. The third-order valence-electron chi connectivity index (χ3n) is 6.15. The van der Waals surface area contributed by atoms with Gasteiger partial charge in [-0.2, -0.15) is 0 Å². The van der Waals surface area contributed by atoms with E-state index in [9.17, 15) is 19.2 Å². The molecule has 0 saturated carbocycles. The number of rotatable bonds is 5. The van der Waals surface area contributed by atoms with E-state index >= 15 is 0 Å². The van der Waals surface area contributed by atoms with Crippen LogP contribution in [0.15, 0.2) is 61.0 Å². The first-order valence-electron chi connectivity index (χ1n) is 10.9. The molecule has 0 spiro atoms. The number of anilines is 1. The fourth-order valence-electron chi connectivity index (χ4n) is 4.37. The lowest BCUT2D eigenvalue weighted by Crippen LogP contribution is -2.38. The monoisotopic (exact) mass is 458 g/mol. The van der Waals surface area contributed by atoms with Crippen LogP contribution >= 0.6 is 0 Å². The third kappa shape index (κ3) is 3.87. The molecule has 0 aliphatic carbocycles. The standard InChI is InChI=1S/C26H26N4O4/c1-15(25(33)28(4)5)27-24(32)16(2)30-14-22-20(7-6-8-21(22)26(30)34)18-9-10-23-19(13-18)11-12-29(23)17(3)31/h6-10,13H,1-2,11-12,14H2,3-5H3,(H,27,32). The van der Waals surface area contributed by atoms with Crippen molar-refractivity contribution in [1.29, 1.82) is 0 Å². The van der Waals surface area contributed by atoms with Crippen LogP contribution in [0.1, 0.15) is 28.4 Å². The van der Waals surface area contributed by atoms with Gasteiger partial charge in [-0.15, -0.1) is 0 Å². The van der Waals surface area contributed by atoms with Crippen molar-refractivity contribution in [2.75, 3.05) is 25.5 Å². The number of benzene rings is 2.